The molecule has 0 aliphatic rings. The van der Waals surface area contributed by atoms with Gasteiger partial charge in [-0.15, -0.1) is 0 Å². The summed E-state index contributed by atoms with van der Waals surface area (Å²) >= 11 is 0. The van der Waals surface area contributed by atoms with Gasteiger partial charge in [0.05, 0.1) is 16.9 Å². The molecular weight excluding hydrogens is 490 g/mol. The van der Waals surface area contributed by atoms with Crippen LogP contribution in [-0.2, 0) is 6.42 Å². The highest BCUT2D eigenvalue weighted by Gasteiger charge is 2.20. The van der Waals surface area contributed by atoms with Crippen LogP contribution in [0.15, 0.2) is 83.3 Å². The maximum absolute atomic E-state index is 6.51. The molecule has 3 heterocycles. The van der Waals surface area contributed by atoms with Gasteiger partial charge in [-0.2, -0.15) is 0 Å². The third kappa shape index (κ3) is 3.94. The molecule has 7 aromatic rings. The number of hydrogen-bond acceptors (Lipinski definition) is 4. The Kier molecular flexibility index (Phi) is 5.67. The molecule has 0 radical (unpaired) electrons. The second kappa shape index (κ2) is 9.27. The van der Waals surface area contributed by atoms with Crippen molar-refractivity contribution in [3.05, 3.63) is 101 Å². The van der Waals surface area contributed by atoms with Crippen LogP contribution in [0.25, 0.3) is 66.3 Å². The fraction of sp³-hybridized carbons (Fsp3) is 0.194. The van der Waals surface area contributed by atoms with Crippen LogP contribution in [0.4, 0.5) is 0 Å². The summed E-state index contributed by atoms with van der Waals surface area (Å²) in [5.74, 6) is 1.35. The number of para-hydroxylation sites is 1. The molecule has 0 unspecified atom stereocenters. The Morgan fingerprint density at radius 1 is 0.700 bits per heavy atom. The molecule has 0 saturated heterocycles. The highest BCUT2D eigenvalue weighted by atomic mass is 16.3. The van der Waals surface area contributed by atoms with Crippen LogP contribution in [0.1, 0.15) is 36.4 Å². The van der Waals surface area contributed by atoms with Crippen LogP contribution in [0.2, 0.25) is 0 Å². The fourth-order valence-corrected chi connectivity index (χ4v) is 6.12. The summed E-state index contributed by atoms with van der Waals surface area (Å²) in [6.07, 6.45) is 1.07. The SMILES string of the molecule is Cc1nc(-c2cccc3c2oc2nc(-c4ccccc4)ccc23)c2cc(C)c3cc(CC(C)C)cc(C)c3c2n1. The maximum Gasteiger partial charge on any atom is 0.227 e. The van der Waals surface area contributed by atoms with Gasteiger partial charge in [-0.1, -0.05) is 68.4 Å². The molecule has 0 bridgehead atoms. The van der Waals surface area contributed by atoms with Crippen molar-refractivity contribution in [3.63, 3.8) is 0 Å². The predicted molar refractivity (Wildman–Crippen MR) is 166 cm³/mol. The Bertz CT molecular complexity index is 2090. The molecule has 0 aliphatic carbocycles. The number of benzene rings is 4. The van der Waals surface area contributed by atoms with E-state index in [0.717, 1.165) is 62.0 Å². The summed E-state index contributed by atoms with van der Waals surface area (Å²) in [6, 6.07) is 27.6. The summed E-state index contributed by atoms with van der Waals surface area (Å²) in [6.45, 7) is 10.9. The van der Waals surface area contributed by atoms with E-state index in [-0.39, 0.29) is 0 Å². The van der Waals surface area contributed by atoms with Gasteiger partial charge in [0.15, 0.2) is 0 Å². The quantitative estimate of drug-likeness (QED) is 0.216. The van der Waals surface area contributed by atoms with Crippen LogP contribution >= 0.6 is 0 Å². The van der Waals surface area contributed by atoms with E-state index in [0.29, 0.717) is 11.6 Å². The average Bonchev–Trinajstić information content (AvgIpc) is 3.31. The lowest BCUT2D eigenvalue weighted by molar-refractivity contribution is 0.647. The number of furan rings is 1. The zero-order valence-electron chi connectivity index (χ0n) is 23.5. The lowest BCUT2D eigenvalue weighted by Gasteiger charge is -2.15. The Morgan fingerprint density at radius 2 is 1.52 bits per heavy atom. The highest BCUT2D eigenvalue weighted by molar-refractivity contribution is 6.15. The Balaban J connectivity index is 1.49. The second-order valence-electron chi connectivity index (χ2n) is 11.3. The van der Waals surface area contributed by atoms with E-state index in [4.69, 9.17) is 19.4 Å². The van der Waals surface area contributed by atoms with Gasteiger partial charge < -0.3 is 4.42 Å². The normalized spacial score (nSPS) is 11.9. The second-order valence-corrected chi connectivity index (χ2v) is 11.3. The first kappa shape index (κ1) is 24.5. The zero-order chi connectivity index (χ0) is 27.5. The largest absolute Gasteiger partial charge is 0.437 e. The molecular formula is C36H31N3O. The third-order valence-corrected chi connectivity index (χ3v) is 7.81. The van der Waals surface area contributed by atoms with Gasteiger partial charge in [-0.25, -0.2) is 15.0 Å². The number of aromatic nitrogens is 3. The molecule has 7 rings (SSSR count). The maximum atomic E-state index is 6.51. The molecule has 0 fully saturated rings. The Morgan fingerprint density at radius 3 is 2.33 bits per heavy atom. The molecule has 0 atom stereocenters. The Hall–Kier alpha value is -4.57. The highest BCUT2D eigenvalue weighted by Crippen LogP contribution is 2.40. The van der Waals surface area contributed by atoms with Crippen LogP contribution in [0, 0.1) is 26.7 Å². The third-order valence-electron chi connectivity index (χ3n) is 7.81. The molecule has 0 spiro atoms. The lowest BCUT2D eigenvalue weighted by atomic mass is 9.91. The van der Waals surface area contributed by atoms with Gasteiger partial charge in [0.2, 0.25) is 5.71 Å². The number of rotatable bonds is 4. The molecule has 0 N–H and O–H groups in total. The number of fused-ring (bicyclic) bond motifs is 6. The topological polar surface area (TPSA) is 51.8 Å². The summed E-state index contributed by atoms with van der Waals surface area (Å²) < 4.78 is 6.51. The number of nitrogens with zero attached hydrogens (tertiary/aromatic N) is 3. The van der Waals surface area contributed by atoms with Gasteiger partial charge in [-0.05, 0) is 79.5 Å². The number of hydrogen-bond donors (Lipinski definition) is 0. The minimum absolute atomic E-state index is 0.608. The fourth-order valence-electron chi connectivity index (χ4n) is 6.12. The first-order chi connectivity index (χ1) is 19.4. The van der Waals surface area contributed by atoms with Gasteiger partial charge in [0, 0.05) is 32.7 Å². The summed E-state index contributed by atoms with van der Waals surface area (Å²) in [7, 11) is 0. The number of aryl methyl sites for hydroxylation is 3. The molecule has 4 nitrogen and oxygen atoms in total. The van der Waals surface area contributed by atoms with Crippen molar-refractivity contribution < 1.29 is 4.42 Å². The van der Waals surface area contributed by atoms with Crippen LogP contribution < -0.4 is 0 Å². The molecule has 4 heteroatoms. The summed E-state index contributed by atoms with van der Waals surface area (Å²) in [4.78, 5) is 14.9. The van der Waals surface area contributed by atoms with Crippen molar-refractivity contribution >= 4 is 43.7 Å². The van der Waals surface area contributed by atoms with E-state index in [1.165, 1.54) is 27.5 Å². The van der Waals surface area contributed by atoms with Gasteiger partial charge in [0.25, 0.3) is 0 Å². The van der Waals surface area contributed by atoms with Crippen molar-refractivity contribution in [1.82, 2.24) is 15.0 Å². The molecule has 3 aromatic heterocycles. The van der Waals surface area contributed by atoms with E-state index in [2.05, 4.69) is 88.4 Å². The lowest BCUT2D eigenvalue weighted by Crippen LogP contribution is -1.99. The molecule has 40 heavy (non-hydrogen) atoms. The molecule has 0 amide bonds. The van der Waals surface area contributed by atoms with Gasteiger partial charge >= 0.3 is 0 Å². The molecule has 4 aromatic carbocycles. The number of pyridine rings is 1. The summed E-state index contributed by atoms with van der Waals surface area (Å²) in [5, 5.41) is 5.56. The van der Waals surface area contributed by atoms with E-state index < -0.39 is 0 Å². The van der Waals surface area contributed by atoms with E-state index in [9.17, 15) is 0 Å². The van der Waals surface area contributed by atoms with E-state index >= 15 is 0 Å². The molecule has 0 aliphatic heterocycles. The van der Waals surface area contributed by atoms with Gasteiger partial charge in [0.1, 0.15) is 11.4 Å². The van der Waals surface area contributed by atoms with Crippen molar-refractivity contribution in [2.45, 2.75) is 41.0 Å². The monoisotopic (exact) mass is 521 g/mol. The minimum atomic E-state index is 0.608. The standard InChI is InChI=1S/C36H31N3O/c1-20(2)16-24-17-22(4)32-29(19-24)21(3)18-30-33(37-23(5)38-34(30)32)28-13-9-12-26-27-14-15-31(25-10-7-6-8-11-25)39-36(27)40-35(26)28/h6-15,17-20H,16H2,1-5H3. The minimum Gasteiger partial charge on any atom is -0.437 e. The molecule has 0 saturated carbocycles. The van der Waals surface area contributed by atoms with Crippen molar-refractivity contribution in [1.29, 1.82) is 0 Å². The van der Waals surface area contributed by atoms with Crippen molar-refractivity contribution in [2.24, 2.45) is 5.92 Å². The van der Waals surface area contributed by atoms with Gasteiger partial charge in [-0.3, -0.25) is 0 Å². The predicted octanol–water partition coefficient (Wildman–Crippen LogP) is 9.54. The van der Waals surface area contributed by atoms with E-state index in [1.807, 2.05) is 25.1 Å². The first-order valence-electron chi connectivity index (χ1n) is 14.0. The smallest absolute Gasteiger partial charge is 0.227 e. The zero-order valence-corrected chi connectivity index (χ0v) is 23.5. The Labute approximate surface area is 233 Å². The van der Waals surface area contributed by atoms with E-state index in [1.54, 1.807) is 0 Å². The average molecular weight is 522 g/mol. The summed E-state index contributed by atoms with van der Waals surface area (Å²) in [5.41, 5.74) is 10.1. The van der Waals surface area contributed by atoms with Crippen molar-refractivity contribution in [3.8, 4) is 22.5 Å². The van der Waals surface area contributed by atoms with Crippen LogP contribution in [0.3, 0.4) is 0 Å². The van der Waals surface area contributed by atoms with Crippen LogP contribution in [-0.4, -0.2) is 15.0 Å². The van der Waals surface area contributed by atoms with Crippen LogP contribution in [0.5, 0.6) is 0 Å². The van der Waals surface area contributed by atoms with Crippen molar-refractivity contribution in [2.75, 3.05) is 0 Å². The molecule has 196 valence electrons. The first-order valence-corrected chi connectivity index (χ1v) is 14.0.